The molecule has 2 aliphatic rings. The summed E-state index contributed by atoms with van der Waals surface area (Å²) in [6.45, 7) is 4.45. The molecule has 2 aliphatic heterocycles. The molecule has 2 saturated heterocycles. The molecule has 2 heterocycles. The second-order valence-electron chi connectivity index (χ2n) is 6.09. The molecule has 3 rings (SSSR count). The third kappa shape index (κ3) is 3.12. The van der Waals surface area contributed by atoms with Crippen molar-refractivity contribution in [2.24, 2.45) is 0 Å². The Morgan fingerprint density at radius 3 is 2.67 bits per heavy atom. The Labute approximate surface area is 125 Å². The van der Waals surface area contributed by atoms with Crippen LogP contribution >= 0.6 is 0 Å². The zero-order valence-electron chi connectivity index (χ0n) is 12.2. The number of hydrogen-bond acceptors (Lipinski definition) is 3. The standard InChI is InChI=1S/C15H21FN2O2S/c1-12-9-17-8-2-3-15(17)10-18(12)21(19,20)11-13-4-6-14(16)7-5-13/h4-7,12,15H,2-3,8-11H2,1H3/t12-,15+/m0/s1. The van der Waals surface area contributed by atoms with Crippen LogP contribution in [0.2, 0.25) is 0 Å². The SMILES string of the molecule is C[C@H]1CN2CCC[C@@H]2CN1S(=O)(=O)Cc1ccc(F)cc1. The van der Waals surface area contributed by atoms with Gasteiger partial charge in [0.15, 0.2) is 0 Å². The molecule has 0 bridgehead atoms. The van der Waals surface area contributed by atoms with Crippen LogP contribution in [-0.2, 0) is 15.8 Å². The lowest BCUT2D eigenvalue weighted by atomic mass is 10.1. The van der Waals surface area contributed by atoms with Crippen molar-refractivity contribution < 1.29 is 12.8 Å². The molecule has 4 nitrogen and oxygen atoms in total. The minimum Gasteiger partial charge on any atom is -0.297 e. The quantitative estimate of drug-likeness (QED) is 0.855. The van der Waals surface area contributed by atoms with Gasteiger partial charge in [-0.05, 0) is 44.0 Å². The van der Waals surface area contributed by atoms with Crippen LogP contribution in [0.5, 0.6) is 0 Å². The second kappa shape index (κ2) is 5.66. The largest absolute Gasteiger partial charge is 0.297 e. The summed E-state index contributed by atoms with van der Waals surface area (Å²) in [7, 11) is -3.35. The molecular formula is C15H21FN2O2S. The minimum atomic E-state index is -3.35. The highest BCUT2D eigenvalue weighted by atomic mass is 32.2. The van der Waals surface area contributed by atoms with E-state index in [2.05, 4.69) is 4.90 Å². The van der Waals surface area contributed by atoms with E-state index in [1.807, 2.05) is 6.92 Å². The smallest absolute Gasteiger partial charge is 0.218 e. The van der Waals surface area contributed by atoms with Crippen LogP contribution in [0.15, 0.2) is 24.3 Å². The number of fused-ring (bicyclic) bond motifs is 1. The van der Waals surface area contributed by atoms with Crippen molar-refractivity contribution in [3.05, 3.63) is 35.6 Å². The predicted octanol–water partition coefficient (Wildman–Crippen LogP) is 1.82. The zero-order valence-corrected chi connectivity index (χ0v) is 13.0. The lowest BCUT2D eigenvalue weighted by Gasteiger charge is -2.41. The number of rotatable bonds is 3. The molecule has 0 aromatic heterocycles. The van der Waals surface area contributed by atoms with Gasteiger partial charge in [0.25, 0.3) is 0 Å². The number of halogens is 1. The van der Waals surface area contributed by atoms with Crippen LogP contribution in [0.3, 0.4) is 0 Å². The van der Waals surface area contributed by atoms with Gasteiger partial charge in [0.2, 0.25) is 10.0 Å². The molecule has 1 aromatic carbocycles. The topological polar surface area (TPSA) is 40.6 Å². The molecule has 0 unspecified atom stereocenters. The van der Waals surface area contributed by atoms with E-state index in [0.29, 0.717) is 18.2 Å². The highest BCUT2D eigenvalue weighted by molar-refractivity contribution is 7.88. The fourth-order valence-electron chi connectivity index (χ4n) is 3.42. The molecule has 0 saturated carbocycles. The number of piperazine rings is 1. The van der Waals surface area contributed by atoms with Crippen LogP contribution in [0, 0.1) is 5.82 Å². The van der Waals surface area contributed by atoms with Gasteiger partial charge in [-0.1, -0.05) is 12.1 Å². The van der Waals surface area contributed by atoms with E-state index in [4.69, 9.17) is 0 Å². The molecule has 2 fully saturated rings. The first-order valence-corrected chi connectivity index (χ1v) is 9.04. The van der Waals surface area contributed by atoms with E-state index >= 15 is 0 Å². The van der Waals surface area contributed by atoms with Gasteiger partial charge < -0.3 is 0 Å². The molecule has 0 N–H and O–H groups in total. The summed E-state index contributed by atoms with van der Waals surface area (Å²) in [5, 5.41) is 0. The summed E-state index contributed by atoms with van der Waals surface area (Å²) >= 11 is 0. The molecule has 0 aliphatic carbocycles. The number of nitrogens with zero attached hydrogens (tertiary/aromatic N) is 2. The Morgan fingerprint density at radius 2 is 1.95 bits per heavy atom. The summed E-state index contributed by atoms with van der Waals surface area (Å²) in [5.74, 6) is -0.395. The van der Waals surface area contributed by atoms with Gasteiger partial charge in [0.05, 0.1) is 5.75 Å². The molecule has 21 heavy (non-hydrogen) atoms. The molecule has 0 amide bonds. The maximum atomic E-state index is 12.9. The summed E-state index contributed by atoms with van der Waals surface area (Å²) in [6.07, 6.45) is 2.23. The van der Waals surface area contributed by atoms with Gasteiger partial charge in [-0.15, -0.1) is 0 Å². The first-order chi connectivity index (χ1) is 9.95. The van der Waals surface area contributed by atoms with E-state index in [1.54, 1.807) is 16.4 Å². The second-order valence-corrected chi connectivity index (χ2v) is 8.01. The van der Waals surface area contributed by atoms with E-state index in [1.165, 1.54) is 12.1 Å². The lowest BCUT2D eigenvalue weighted by Crippen LogP contribution is -2.56. The minimum absolute atomic E-state index is 0.00444. The Kier molecular flexibility index (Phi) is 4.03. The molecule has 6 heteroatoms. The van der Waals surface area contributed by atoms with Crippen molar-refractivity contribution in [1.29, 1.82) is 0 Å². The highest BCUT2D eigenvalue weighted by Crippen LogP contribution is 2.27. The normalized spacial score (nSPS) is 27.7. The van der Waals surface area contributed by atoms with Crippen molar-refractivity contribution in [2.75, 3.05) is 19.6 Å². The Morgan fingerprint density at radius 1 is 1.24 bits per heavy atom. The van der Waals surface area contributed by atoms with Crippen LogP contribution in [-0.4, -0.2) is 49.3 Å². The average molecular weight is 312 g/mol. The summed E-state index contributed by atoms with van der Waals surface area (Å²) in [4.78, 5) is 2.40. The van der Waals surface area contributed by atoms with Crippen LogP contribution in [0.4, 0.5) is 4.39 Å². The first kappa shape index (κ1) is 14.9. The maximum absolute atomic E-state index is 12.9. The molecule has 2 atom stereocenters. The van der Waals surface area contributed by atoms with Crippen molar-refractivity contribution >= 4 is 10.0 Å². The molecule has 0 radical (unpaired) electrons. The summed E-state index contributed by atoms with van der Waals surface area (Å²) in [5.41, 5.74) is 0.637. The number of benzene rings is 1. The predicted molar refractivity (Wildman–Crippen MR) is 79.8 cm³/mol. The highest BCUT2D eigenvalue weighted by Gasteiger charge is 2.39. The fraction of sp³-hybridized carbons (Fsp3) is 0.600. The zero-order chi connectivity index (χ0) is 15.0. The van der Waals surface area contributed by atoms with E-state index in [0.717, 1.165) is 25.9 Å². The summed E-state index contributed by atoms with van der Waals surface area (Å²) in [6, 6.07) is 6.08. The van der Waals surface area contributed by atoms with Crippen molar-refractivity contribution in [3.8, 4) is 0 Å². The van der Waals surface area contributed by atoms with E-state index in [9.17, 15) is 12.8 Å². The molecular weight excluding hydrogens is 291 g/mol. The van der Waals surface area contributed by atoms with Crippen LogP contribution < -0.4 is 0 Å². The fourth-order valence-corrected chi connectivity index (χ4v) is 5.22. The van der Waals surface area contributed by atoms with Gasteiger partial charge in [-0.2, -0.15) is 4.31 Å². The number of hydrogen-bond donors (Lipinski definition) is 0. The van der Waals surface area contributed by atoms with Gasteiger partial charge in [-0.25, -0.2) is 12.8 Å². The first-order valence-electron chi connectivity index (χ1n) is 7.44. The Bertz CT molecular complexity index is 603. The van der Waals surface area contributed by atoms with Crippen LogP contribution in [0.1, 0.15) is 25.3 Å². The average Bonchev–Trinajstić information content (AvgIpc) is 2.87. The summed E-state index contributed by atoms with van der Waals surface area (Å²) < 4.78 is 39.9. The third-order valence-electron chi connectivity index (χ3n) is 4.50. The van der Waals surface area contributed by atoms with Gasteiger partial charge in [-0.3, -0.25) is 4.90 Å². The van der Waals surface area contributed by atoms with Gasteiger partial charge in [0, 0.05) is 25.2 Å². The van der Waals surface area contributed by atoms with Crippen molar-refractivity contribution in [2.45, 2.75) is 37.6 Å². The maximum Gasteiger partial charge on any atom is 0.218 e. The van der Waals surface area contributed by atoms with E-state index in [-0.39, 0.29) is 17.6 Å². The van der Waals surface area contributed by atoms with E-state index < -0.39 is 10.0 Å². The molecule has 116 valence electrons. The van der Waals surface area contributed by atoms with Crippen LogP contribution in [0.25, 0.3) is 0 Å². The molecule has 0 spiro atoms. The third-order valence-corrected chi connectivity index (χ3v) is 6.42. The number of sulfonamides is 1. The Hall–Kier alpha value is -0.980. The van der Waals surface area contributed by atoms with Gasteiger partial charge in [0.1, 0.15) is 5.82 Å². The van der Waals surface area contributed by atoms with Gasteiger partial charge >= 0.3 is 0 Å². The van der Waals surface area contributed by atoms with Crippen molar-refractivity contribution in [3.63, 3.8) is 0 Å². The van der Waals surface area contributed by atoms with Crippen molar-refractivity contribution in [1.82, 2.24) is 9.21 Å². The molecule has 1 aromatic rings. The lowest BCUT2D eigenvalue weighted by molar-refractivity contribution is 0.117. The monoisotopic (exact) mass is 312 g/mol. The Balaban J connectivity index is 1.76.